The highest BCUT2D eigenvalue weighted by Gasteiger charge is 2.10. The molecule has 0 unspecified atom stereocenters. The fraction of sp³-hybridized carbons (Fsp3) is 0.455. The summed E-state index contributed by atoms with van der Waals surface area (Å²) in [6.45, 7) is 0.458. The van der Waals surface area contributed by atoms with Crippen molar-refractivity contribution in [1.29, 1.82) is 0 Å². The van der Waals surface area contributed by atoms with Gasteiger partial charge in [0.15, 0.2) is 0 Å². The van der Waals surface area contributed by atoms with E-state index >= 15 is 0 Å². The zero-order valence-corrected chi connectivity index (χ0v) is 12.9. The molecule has 0 fully saturated rings. The molecule has 1 aromatic carbocycles. The van der Waals surface area contributed by atoms with Crippen molar-refractivity contribution in [3.05, 3.63) is 28.2 Å². The van der Waals surface area contributed by atoms with Gasteiger partial charge in [-0.1, -0.05) is 22.0 Å². The van der Waals surface area contributed by atoms with Crippen molar-refractivity contribution in [2.75, 3.05) is 30.5 Å². The Bertz CT molecular complexity index is 490. The van der Waals surface area contributed by atoms with E-state index in [-0.39, 0.29) is 5.75 Å². The van der Waals surface area contributed by atoms with E-state index in [9.17, 15) is 8.42 Å². The van der Waals surface area contributed by atoms with Crippen LogP contribution in [0.1, 0.15) is 5.56 Å². The van der Waals surface area contributed by atoms with Crippen molar-refractivity contribution in [3.63, 3.8) is 0 Å². The van der Waals surface area contributed by atoms with Crippen LogP contribution in [-0.2, 0) is 15.7 Å². The Labute approximate surface area is 116 Å². The van der Waals surface area contributed by atoms with Gasteiger partial charge in [0.05, 0.1) is 5.75 Å². The third-order valence-electron chi connectivity index (χ3n) is 2.40. The maximum Gasteiger partial charge on any atom is 0.149 e. The molecular weight excluding hydrogens is 326 g/mol. The first-order valence-electron chi connectivity index (χ1n) is 5.07. The minimum atomic E-state index is -2.94. The van der Waals surface area contributed by atoms with Crippen molar-refractivity contribution in [2.24, 2.45) is 0 Å². The molecule has 0 atom stereocenters. The highest BCUT2D eigenvalue weighted by atomic mass is 79.9. The van der Waals surface area contributed by atoms with Crippen molar-refractivity contribution in [3.8, 4) is 0 Å². The number of halogens is 2. The van der Waals surface area contributed by atoms with Gasteiger partial charge in [-0.2, -0.15) is 0 Å². The van der Waals surface area contributed by atoms with E-state index in [1.165, 1.54) is 6.26 Å². The Hall–Kier alpha value is -0.260. The van der Waals surface area contributed by atoms with E-state index in [1.807, 2.05) is 30.1 Å². The molecule has 0 N–H and O–H groups in total. The van der Waals surface area contributed by atoms with Gasteiger partial charge in [-0.15, -0.1) is 11.6 Å². The minimum absolute atomic E-state index is 0.137. The normalized spacial score (nSPS) is 11.5. The summed E-state index contributed by atoms with van der Waals surface area (Å²) in [6, 6.07) is 5.80. The molecule has 0 bridgehead atoms. The molecule has 1 rings (SSSR count). The van der Waals surface area contributed by atoms with Gasteiger partial charge in [-0.05, 0) is 17.7 Å². The summed E-state index contributed by atoms with van der Waals surface area (Å²) >= 11 is 9.25. The second-order valence-corrected chi connectivity index (χ2v) is 7.40. The van der Waals surface area contributed by atoms with Crippen LogP contribution in [0, 0.1) is 0 Å². The lowest BCUT2D eigenvalue weighted by Gasteiger charge is -2.21. The molecule has 0 aromatic heterocycles. The molecule has 1 aromatic rings. The lowest BCUT2D eigenvalue weighted by atomic mass is 10.2. The largest absolute Gasteiger partial charge is 0.373 e. The Balaban J connectivity index is 2.87. The highest BCUT2D eigenvalue weighted by molar-refractivity contribution is 9.10. The van der Waals surface area contributed by atoms with Crippen molar-refractivity contribution in [2.45, 2.75) is 5.88 Å². The molecule has 0 spiro atoms. The summed E-state index contributed by atoms with van der Waals surface area (Å²) in [4.78, 5) is 1.91. The molecule has 0 aliphatic heterocycles. The standard InChI is InChI=1S/C11H15BrClNO2S/c1-14(5-6-17(2,15)16)11-7-10(12)4-3-9(11)8-13/h3-4,7H,5-6,8H2,1-2H3. The summed E-state index contributed by atoms with van der Waals surface area (Å²) in [6.07, 6.45) is 1.24. The van der Waals surface area contributed by atoms with Crippen LogP contribution >= 0.6 is 27.5 Å². The third kappa shape index (κ3) is 4.85. The van der Waals surface area contributed by atoms with Gasteiger partial charge in [0, 0.05) is 35.9 Å². The van der Waals surface area contributed by atoms with Gasteiger partial charge in [0.2, 0.25) is 0 Å². The second kappa shape index (κ2) is 6.07. The molecule has 96 valence electrons. The molecule has 0 amide bonds. The molecule has 0 aliphatic carbocycles. The molecule has 0 saturated heterocycles. The van der Waals surface area contributed by atoms with Crippen LogP contribution in [0.3, 0.4) is 0 Å². The third-order valence-corrected chi connectivity index (χ3v) is 4.11. The van der Waals surface area contributed by atoms with Crippen LogP contribution in [0.4, 0.5) is 5.69 Å². The van der Waals surface area contributed by atoms with Crippen LogP contribution in [0.5, 0.6) is 0 Å². The van der Waals surface area contributed by atoms with Crippen LogP contribution in [0.25, 0.3) is 0 Å². The van der Waals surface area contributed by atoms with Crippen LogP contribution in [0.15, 0.2) is 22.7 Å². The van der Waals surface area contributed by atoms with E-state index < -0.39 is 9.84 Å². The molecular formula is C11H15BrClNO2S. The van der Waals surface area contributed by atoms with E-state index in [0.29, 0.717) is 12.4 Å². The average molecular weight is 341 g/mol. The average Bonchev–Trinajstić information content (AvgIpc) is 2.25. The SMILES string of the molecule is CN(CCS(C)(=O)=O)c1cc(Br)ccc1CCl. The number of anilines is 1. The van der Waals surface area contributed by atoms with Crippen molar-refractivity contribution in [1.82, 2.24) is 0 Å². The van der Waals surface area contributed by atoms with E-state index in [4.69, 9.17) is 11.6 Å². The Kier molecular flexibility index (Phi) is 5.28. The number of sulfone groups is 1. The maximum absolute atomic E-state index is 11.1. The van der Waals surface area contributed by atoms with Gasteiger partial charge in [0.1, 0.15) is 9.84 Å². The van der Waals surface area contributed by atoms with E-state index in [0.717, 1.165) is 15.7 Å². The zero-order valence-electron chi connectivity index (χ0n) is 9.78. The zero-order chi connectivity index (χ0) is 13.1. The fourth-order valence-corrected chi connectivity index (χ4v) is 2.61. The van der Waals surface area contributed by atoms with Crippen molar-refractivity contribution >= 4 is 43.1 Å². The molecule has 6 heteroatoms. The molecule has 0 heterocycles. The Morgan fingerprint density at radius 3 is 2.59 bits per heavy atom. The quantitative estimate of drug-likeness (QED) is 0.773. The predicted molar refractivity (Wildman–Crippen MR) is 76.7 cm³/mol. The molecule has 17 heavy (non-hydrogen) atoms. The number of alkyl halides is 1. The predicted octanol–water partition coefficient (Wildman–Crippen LogP) is 2.67. The lowest BCUT2D eigenvalue weighted by Crippen LogP contribution is -2.25. The lowest BCUT2D eigenvalue weighted by molar-refractivity contribution is 0.601. The topological polar surface area (TPSA) is 37.4 Å². The van der Waals surface area contributed by atoms with E-state index in [1.54, 1.807) is 0 Å². The number of nitrogens with zero attached hydrogens (tertiary/aromatic N) is 1. The van der Waals surface area contributed by atoms with Gasteiger partial charge in [-0.25, -0.2) is 8.42 Å². The summed E-state index contributed by atoms with van der Waals surface area (Å²) in [5.41, 5.74) is 1.95. The summed E-state index contributed by atoms with van der Waals surface area (Å²) in [5, 5.41) is 0. The summed E-state index contributed by atoms with van der Waals surface area (Å²) in [5.74, 6) is 0.545. The summed E-state index contributed by atoms with van der Waals surface area (Å²) < 4.78 is 23.2. The smallest absolute Gasteiger partial charge is 0.149 e. The monoisotopic (exact) mass is 339 g/mol. The molecule has 0 radical (unpaired) electrons. The van der Waals surface area contributed by atoms with Crippen LogP contribution < -0.4 is 4.90 Å². The number of hydrogen-bond donors (Lipinski definition) is 0. The minimum Gasteiger partial charge on any atom is -0.373 e. The maximum atomic E-state index is 11.1. The van der Waals surface area contributed by atoms with Gasteiger partial charge >= 0.3 is 0 Å². The fourth-order valence-electron chi connectivity index (χ4n) is 1.43. The first kappa shape index (κ1) is 14.8. The Morgan fingerprint density at radius 1 is 1.41 bits per heavy atom. The molecule has 0 aliphatic rings. The van der Waals surface area contributed by atoms with Gasteiger partial charge in [0.25, 0.3) is 0 Å². The van der Waals surface area contributed by atoms with Crippen molar-refractivity contribution < 1.29 is 8.42 Å². The van der Waals surface area contributed by atoms with Crippen LogP contribution in [0.2, 0.25) is 0 Å². The number of benzene rings is 1. The Morgan fingerprint density at radius 2 is 2.06 bits per heavy atom. The number of hydrogen-bond acceptors (Lipinski definition) is 3. The van der Waals surface area contributed by atoms with Crippen LogP contribution in [-0.4, -0.2) is 34.0 Å². The molecule has 0 saturated carbocycles. The van der Waals surface area contributed by atoms with Gasteiger partial charge in [-0.3, -0.25) is 0 Å². The van der Waals surface area contributed by atoms with Gasteiger partial charge < -0.3 is 4.90 Å². The molecule has 3 nitrogen and oxygen atoms in total. The first-order chi connectivity index (χ1) is 7.83. The van der Waals surface area contributed by atoms with E-state index in [2.05, 4.69) is 15.9 Å². The number of rotatable bonds is 5. The summed E-state index contributed by atoms with van der Waals surface area (Å²) in [7, 11) is -1.08. The second-order valence-electron chi connectivity index (χ2n) is 3.96. The highest BCUT2D eigenvalue weighted by Crippen LogP contribution is 2.25. The first-order valence-corrected chi connectivity index (χ1v) is 8.45.